The van der Waals surface area contributed by atoms with E-state index < -0.39 is 0 Å². The molecule has 4 heteroatoms. The Morgan fingerprint density at radius 2 is 1.56 bits per heavy atom. The molecule has 0 aliphatic carbocycles. The van der Waals surface area contributed by atoms with Gasteiger partial charge in [0.15, 0.2) is 5.78 Å². The summed E-state index contributed by atoms with van der Waals surface area (Å²) in [5.74, 6) is -0.305. The number of nitrogens with zero attached hydrogens (tertiary/aromatic N) is 1. The van der Waals surface area contributed by atoms with Crippen LogP contribution in [-0.4, -0.2) is 10.4 Å². The van der Waals surface area contributed by atoms with Crippen molar-refractivity contribution < 1.29 is 9.18 Å². The van der Waals surface area contributed by atoms with Crippen molar-refractivity contribution in [3.05, 3.63) is 125 Å². The van der Waals surface area contributed by atoms with E-state index >= 15 is 0 Å². The molecule has 1 heterocycles. The standard InChI is InChI=1S/C28H19ClFNO/c29-22-11-9-21(10-12-22)28(32)16-8-19-7-15-27-25(17-19)24-3-1-2-4-26(24)31(27)18-20-5-13-23(30)14-6-20/h1-17H,18H2/b16-8+. The fourth-order valence-electron chi connectivity index (χ4n) is 4.00. The highest BCUT2D eigenvalue weighted by molar-refractivity contribution is 6.30. The molecule has 0 saturated heterocycles. The first-order valence-electron chi connectivity index (χ1n) is 10.3. The van der Waals surface area contributed by atoms with Crippen molar-refractivity contribution in [2.75, 3.05) is 0 Å². The average molecular weight is 440 g/mol. The number of hydrogen-bond donors (Lipinski definition) is 0. The number of benzene rings is 4. The largest absolute Gasteiger partial charge is 0.336 e. The predicted octanol–water partition coefficient (Wildman–Crippen LogP) is 7.53. The minimum absolute atomic E-state index is 0.0690. The van der Waals surface area contributed by atoms with Gasteiger partial charge in [0.25, 0.3) is 0 Å². The van der Waals surface area contributed by atoms with E-state index in [1.807, 2.05) is 36.4 Å². The maximum absolute atomic E-state index is 13.3. The molecule has 0 fully saturated rings. The zero-order valence-electron chi connectivity index (χ0n) is 17.1. The predicted molar refractivity (Wildman–Crippen MR) is 130 cm³/mol. The van der Waals surface area contributed by atoms with Crippen LogP contribution in [-0.2, 0) is 6.54 Å². The fraction of sp³-hybridized carbons (Fsp3) is 0.0357. The zero-order chi connectivity index (χ0) is 22.1. The highest BCUT2D eigenvalue weighted by atomic mass is 35.5. The molecule has 4 aromatic carbocycles. The van der Waals surface area contributed by atoms with Crippen molar-refractivity contribution >= 4 is 45.3 Å². The summed E-state index contributed by atoms with van der Waals surface area (Å²) in [6.45, 7) is 0.647. The molecule has 1 aromatic heterocycles. The first-order chi connectivity index (χ1) is 15.6. The molecular weight excluding hydrogens is 421 g/mol. The van der Waals surface area contributed by atoms with Gasteiger partial charge in [0.1, 0.15) is 5.82 Å². The lowest BCUT2D eigenvalue weighted by Crippen LogP contribution is -1.99. The molecule has 0 amide bonds. The van der Waals surface area contributed by atoms with Crippen LogP contribution in [0.25, 0.3) is 27.9 Å². The number of hydrogen-bond acceptors (Lipinski definition) is 1. The van der Waals surface area contributed by atoms with Gasteiger partial charge < -0.3 is 4.57 Å². The molecule has 32 heavy (non-hydrogen) atoms. The third kappa shape index (κ3) is 3.95. The van der Waals surface area contributed by atoms with Gasteiger partial charge in [-0.1, -0.05) is 54.1 Å². The third-order valence-electron chi connectivity index (χ3n) is 5.61. The molecule has 0 radical (unpaired) electrons. The van der Waals surface area contributed by atoms with Crippen LogP contribution in [0.3, 0.4) is 0 Å². The molecule has 0 spiro atoms. The topological polar surface area (TPSA) is 22.0 Å². The maximum Gasteiger partial charge on any atom is 0.185 e. The lowest BCUT2D eigenvalue weighted by atomic mass is 10.1. The summed E-state index contributed by atoms with van der Waals surface area (Å²) in [7, 11) is 0. The maximum atomic E-state index is 13.3. The van der Waals surface area contributed by atoms with Crippen molar-refractivity contribution in [2.24, 2.45) is 0 Å². The van der Waals surface area contributed by atoms with Gasteiger partial charge in [-0.15, -0.1) is 0 Å². The Morgan fingerprint density at radius 3 is 2.34 bits per heavy atom. The van der Waals surface area contributed by atoms with E-state index in [4.69, 9.17) is 11.6 Å². The van der Waals surface area contributed by atoms with E-state index in [0.29, 0.717) is 17.1 Å². The van der Waals surface area contributed by atoms with Crippen LogP contribution in [0.2, 0.25) is 5.02 Å². The van der Waals surface area contributed by atoms with Gasteiger partial charge in [0.2, 0.25) is 0 Å². The molecule has 2 nitrogen and oxygen atoms in total. The number of fused-ring (bicyclic) bond motifs is 3. The van der Waals surface area contributed by atoms with E-state index in [9.17, 15) is 9.18 Å². The number of ketones is 1. The quantitative estimate of drug-likeness (QED) is 0.205. The Hall–Kier alpha value is -3.69. The SMILES string of the molecule is O=C(/C=C/c1ccc2c(c1)c1ccccc1n2Cc1ccc(F)cc1)c1ccc(Cl)cc1. The number of aromatic nitrogens is 1. The minimum atomic E-state index is -0.236. The lowest BCUT2D eigenvalue weighted by molar-refractivity contribution is 0.104. The zero-order valence-corrected chi connectivity index (χ0v) is 17.9. The van der Waals surface area contributed by atoms with Crippen LogP contribution in [0.5, 0.6) is 0 Å². The summed E-state index contributed by atoms with van der Waals surface area (Å²) in [5, 5.41) is 2.86. The molecule has 0 unspecified atom stereocenters. The highest BCUT2D eigenvalue weighted by Gasteiger charge is 2.11. The molecule has 0 saturated carbocycles. The first kappa shape index (κ1) is 20.2. The second kappa shape index (κ2) is 8.45. The number of carbonyl (C=O) groups excluding carboxylic acids is 1. The Morgan fingerprint density at radius 1 is 0.844 bits per heavy atom. The molecule has 5 rings (SSSR count). The molecule has 0 aliphatic heterocycles. The Kier molecular flexibility index (Phi) is 5.34. The second-order valence-electron chi connectivity index (χ2n) is 7.71. The smallest absolute Gasteiger partial charge is 0.185 e. The fourth-order valence-corrected chi connectivity index (χ4v) is 4.13. The molecule has 0 aliphatic rings. The van der Waals surface area contributed by atoms with Gasteiger partial charge in [-0.25, -0.2) is 4.39 Å². The van der Waals surface area contributed by atoms with Crippen LogP contribution in [0.1, 0.15) is 21.5 Å². The van der Waals surface area contributed by atoms with Crippen LogP contribution in [0, 0.1) is 5.82 Å². The van der Waals surface area contributed by atoms with Crippen molar-refractivity contribution in [3.63, 3.8) is 0 Å². The molecule has 0 N–H and O–H groups in total. The van der Waals surface area contributed by atoms with E-state index in [0.717, 1.165) is 32.9 Å². The lowest BCUT2D eigenvalue weighted by Gasteiger charge is -2.08. The second-order valence-corrected chi connectivity index (χ2v) is 8.15. The summed E-state index contributed by atoms with van der Waals surface area (Å²) in [6.07, 6.45) is 3.42. The van der Waals surface area contributed by atoms with E-state index in [2.05, 4.69) is 28.8 Å². The minimum Gasteiger partial charge on any atom is -0.336 e. The number of para-hydroxylation sites is 1. The van der Waals surface area contributed by atoms with Crippen LogP contribution < -0.4 is 0 Å². The molecule has 5 aromatic rings. The number of carbonyl (C=O) groups is 1. The summed E-state index contributed by atoms with van der Waals surface area (Å²) >= 11 is 5.90. The average Bonchev–Trinajstić information content (AvgIpc) is 3.12. The number of halogens is 2. The van der Waals surface area contributed by atoms with Gasteiger partial charge in [0, 0.05) is 38.9 Å². The molecular formula is C28H19ClFNO. The van der Waals surface area contributed by atoms with Crippen LogP contribution >= 0.6 is 11.6 Å². The van der Waals surface area contributed by atoms with E-state index in [-0.39, 0.29) is 11.6 Å². The van der Waals surface area contributed by atoms with Gasteiger partial charge in [-0.2, -0.15) is 0 Å². The molecule has 156 valence electrons. The van der Waals surface area contributed by atoms with Gasteiger partial charge >= 0.3 is 0 Å². The van der Waals surface area contributed by atoms with E-state index in [1.54, 1.807) is 30.3 Å². The number of rotatable bonds is 5. The Bertz CT molecular complexity index is 1460. The van der Waals surface area contributed by atoms with Gasteiger partial charge in [0.05, 0.1) is 0 Å². The van der Waals surface area contributed by atoms with Crippen LogP contribution in [0.15, 0.2) is 97.1 Å². The Labute approximate surface area is 190 Å². The molecule has 0 atom stereocenters. The van der Waals surface area contributed by atoms with Crippen molar-refractivity contribution in [1.82, 2.24) is 4.57 Å². The van der Waals surface area contributed by atoms with Crippen molar-refractivity contribution in [1.29, 1.82) is 0 Å². The Balaban J connectivity index is 1.52. The van der Waals surface area contributed by atoms with Gasteiger partial charge in [-0.3, -0.25) is 4.79 Å². The van der Waals surface area contributed by atoms with Crippen LogP contribution in [0.4, 0.5) is 4.39 Å². The third-order valence-corrected chi connectivity index (χ3v) is 5.86. The first-order valence-corrected chi connectivity index (χ1v) is 10.7. The monoisotopic (exact) mass is 439 g/mol. The summed E-state index contributed by atoms with van der Waals surface area (Å²) in [5.41, 5.74) is 4.79. The summed E-state index contributed by atoms with van der Waals surface area (Å²) < 4.78 is 15.6. The highest BCUT2D eigenvalue weighted by Crippen LogP contribution is 2.31. The normalized spacial score (nSPS) is 11.6. The van der Waals surface area contributed by atoms with Crippen molar-refractivity contribution in [2.45, 2.75) is 6.54 Å². The molecule has 0 bridgehead atoms. The number of allylic oxidation sites excluding steroid dienone is 1. The summed E-state index contributed by atoms with van der Waals surface area (Å²) in [6, 6.07) is 27.9. The van der Waals surface area contributed by atoms with Gasteiger partial charge in [-0.05, 0) is 71.8 Å². The van der Waals surface area contributed by atoms with E-state index in [1.165, 1.54) is 12.1 Å². The van der Waals surface area contributed by atoms with Crippen molar-refractivity contribution in [3.8, 4) is 0 Å². The summed E-state index contributed by atoms with van der Waals surface area (Å²) in [4.78, 5) is 12.5.